The molecule has 0 aliphatic heterocycles. The van der Waals surface area contributed by atoms with E-state index in [0.29, 0.717) is 35.0 Å². The van der Waals surface area contributed by atoms with Crippen molar-refractivity contribution in [1.82, 2.24) is 19.7 Å². The molecule has 5 aromatic rings. The molecule has 0 radical (unpaired) electrons. The summed E-state index contributed by atoms with van der Waals surface area (Å²) in [5.41, 5.74) is 3.11. The molecule has 0 aliphatic carbocycles. The zero-order valence-electron chi connectivity index (χ0n) is 28.5. The van der Waals surface area contributed by atoms with Gasteiger partial charge in [-0.05, 0) is 74.4 Å². The van der Waals surface area contributed by atoms with Crippen LogP contribution in [0.2, 0.25) is 25.7 Å². The molecule has 0 fully saturated rings. The first-order chi connectivity index (χ1) is 23.0. The third kappa shape index (κ3) is 9.04. The van der Waals surface area contributed by atoms with Crippen LogP contribution in [0.1, 0.15) is 34.8 Å². The Balaban J connectivity index is 1.40. The average Bonchev–Trinajstić information content (AvgIpc) is 3.64. The van der Waals surface area contributed by atoms with Gasteiger partial charge in [0, 0.05) is 21.7 Å². The number of carbonyl (C=O) groups excluding carboxylic acids is 1. The molecule has 10 nitrogen and oxygen atoms in total. The number of esters is 1. The topological polar surface area (TPSA) is 104 Å². The molecular formula is C35H42N6O4S2Si. The Morgan fingerprint density at radius 3 is 2.54 bits per heavy atom. The fourth-order valence-electron chi connectivity index (χ4n) is 4.58. The number of para-hydroxylation sites is 2. The Labute approximate surface area is 290 Å². The highest BCUT2D eigenvalue weighted by Crippen LogP contribution is 2.33. The van der Waals surface area contributed by atoms with Gasteiger partial charge in [0.05, 0.1) is 21.7 Å². The number of rotatable bonds is 14. The van der Waals surface area contributed by atoms with Crippen LogP contribution < -0.4 is 14.4 Å². The minimum Gasteiger partial charge on any atom is -0.489 e. The molecule has 2 aromatic carbocycles. The van der Waals surface area contributed by atoms with Crippen LogP contribution in [-0.2, 0) is 16.2 Å². The Morgan fingerprint density at radius 2 is 1.81 bits per heavy atom. The summed E-state index contributed by atoms with van der Waals surface area (Å²) >= 11 is 2.97. The number of hydrogen-bond acceptors (Lipinski definition) is 11. The largest absolute Gasteiger partial charge is 0.489 e. The standard InChI is InChI=1S/C35H42N6O4S2Si/c1-8-44-33(42)31-29(20-24(2)22-45-26-14-10-9-11-15-26)47-34(36-31)40(4)30-21-25(3)32(39-38-30)37-35-41(23-43-18-19-48(5,6)7)27-16-12-13-17-28(27)46-35/h9-17,20-21H,8,18-19,22-23H2,1-7H3/b24-20+,37-35?. The maximum atomic E-state index is 12.9. The second kappa shape index (κ2) is 15.8. The van der Waals surface area contributed by atoms with Gasteiger partial charge in [-0.2, -0.15) is 4.99 Å². The minimum atomic E-state index is -1.20. The number of ether oxygens (including phenoxy) is 3. The van der Waals surface area contributed by atoms with E-state index in [9.17, 15) is 4.79 Å². The van der Waals surface area contributed by atoms with Gasteiger partial charge in [0.2, 0.25) is 0 Å². The van der Waals surface area contributed by atoms with Crippen molar-refractivity contribution in [1.29, 1.82) is 0 Å². The Hall–Kier alpha value is -4.17. The summed E-state index contributed by atoms with van der Waals surface area (Å²) in [6.07, 6.45) is 1.91. The van der Waals surface area contributed by atoms with Crippen LogP contribution in [0.25, 0.3) is 16.3 Å². The first-order valence-corrected chi connectivity index (χ1v) is 21.2. The van der Waals surface area contributed by atoms with Crippen LogP contribution in [0.15, 0.2) is 71.2 Å². The maximum Gasteiger partial charge on any atom is 0.358 e. The van der Waals surface area contributed by atoms with Crippen molar-refractivity contribution in [2.24, 2.45) is 4.99 Å². The van der Waals surface area contributed by atoms with E-state index >= 15 is 0 Å². The summed E-state index contributed by atoms with van der Waals surface area (Å²) in [7, 11) is 0.651. The monoisotopic (exact) mass is 702 g/mol. The number of anilines is 2. The summed E-state index contributed by atoms with van der Waals surface area (Å²) in [6.45, 7) is 14.5. The molecule has 0 atom stereocenters. The lowest BCUT2D eigenvalue weighted by molar-refractivity contribution is 0.0520. The minimum absolute atomic E-state index is 0.250. The molecule has 48 heavy (non-hydrogen) atoms. The van der Waals surface area contributed by atoms with Gasteiger partial charge in [0.15, 0.2) is 27.3 Å². The van der Waals surface area contributed by atoms with Crippen molar-refractivity contribution in [3.8, 4) is 5.75 Å². The van der Waals surface area contributed by atoms with E-state index in [2.05, 4.69) is 51.5 Å². The molecule has 0 saturated heterocycles. The number of aromatic nitrogens is 4. The highest BCUT2D eigenvalue weighted by molar-refractivity contribution is 7.17. The van der Waals surface area contributed by atoms with E-state index in [4.69, 9.17) is 19.2 Å². The zero-order chi connectivity index (χ0) is 34.3. The predicted molar refractivity (Wildman–Crippen MR) is 198 cm³/mol. The quantitative estimate of drug-likeness (QED) is 0.0648. The maximum absolute atomic E-state index is 12.9. The first kappa shape index (κ1) is 35.1. The summed E-state index contributed by atoms with van der Waals surface area (Å²) in [5.74, 6) is 1.40. The lowest BCUT2D eigenvalue weighted by Gasteiger charge is -2.16. The fraction of sp³-hybridized carbons (Fsp3) is 0.343. The third-order valence-corrected chi connectivity index (χ3v) is 11.1. The molecule has 3 heterocycles. The molecule has 3 aromatic heterocycles. The Kier molecular flexibility index (Phi) is 11.6. The molecule has 0 amide bonds. The van der Waals surface area contributed by atoms with E-state index in [1.165, 1.54) is 11.3 Å². The molecular weight excluding hydrogens is 661 g/mol. The summed E-state index contributed by atoms with van der Waals surface area (Å²) < 4.78 is 20.6. The van der Waals surface area contributed by atoms with Crippen molar-refractivity contribution in [2.45, 2.75) is 53.2 Å². The van der Waals surface area contributed by atoms with E-state index in [0.717, 1.165) is 44.6 Å². The highest BCUT2D eigenvalue weighted by Gasteiger charge is 2.22. The molecule has 0 unspecified atom stereocenters. The van der Waals surface area contributed by atoms with Gasteiger partial charge in [-0.15, -0.1) is 10.2 Å². The number of benzene rings is 2. The van der Waals surface area contributed by atoms with Crippen LogP contribution in [-0.4, -0.2) is 60.7 Å². The number of carbonyl (C=O) groups is 1. The summed E-state index contributed by atoms with van der Waals surface area (Å²) in [6, 6.07) is 20.9. The average molecular weight is 703 g/mol. The van der Waals surface area contributed by atoms with Crippen LogP contribution in [0.5, 0.6) is 5.75 Å². The number of thiazole rings is 2. The van der Waals surface area contributed by atoms with Crippen LogP contribution >= 0.6 is 22.7 Å². The van der Waals surface area contributed by atoms with Crippen LogP contribution in [0, 0.1) is 6.92 Å². The van der Waals surface area contributed by atoms with Gasteiger partial charge in [-0.25, -0.2) is 9.78 Å². The van der Waals surface area contributed by atoms with Crippen molar-refractivity contribution in [3.05, 3.63) is 87.2 Å². The van der Waals surface area contributed by atoms with Crippen molar-refractivity contribution in [3.63, 3.8) is 0 Å². The van der Waals surface area contributed by atoms with E-state index < -0.39 is 14.0 Å². The van der Waals surface area contributed by atoms with Crippen LogP contribution in [0.3, 0.4) is 0 Å². The zero-order valence-corrected chi connectivity index (χ0v) is 31.2. The molecule has 0 spiro atoms. The van der Waals surface area contributed by atoms with E-state index in [1.54, 1.807) is 18.3 Å². The van der Waals surface area contributed by atoms with Gasteiger partial charge in [-0.1, -0.05) is 72.6 Å². The Bertz CT molecular complexity index is 1960. The number of nitrogens with zero attached hydrogens (tertiary/aromatic N) is 6. The van der Waals surface area contributed by atoms with Gasteiger partial charge in [0.1, 0.15) is 19.1 Å². The molecule has 252 valence electrons. The molecule has 0 bridgehead atoms. The number of hydrogen-bond donors (Lipinski definition) is 0. The smallest absolute Gasteiger partial charge is 0.358 e. The molecule has 13 heteroatoms. The van der Waals surface area contributed by atoms with Gasteiger partial charge < -0.3 is 19.1 Å². The number of aryl methyl sites for hydroxylation is 1. The van der Waals surface area contributed by atoms with Gasteiger partial charge in [0.25, 0.3) is 0 Å². The fourth-order valence-corrected chi connectivity index (χ4v) is 7.41. The third-order valence-electron chi connectivity index (χ3n) is 7.28. The van der Waals surface area contributed by atoms with E-state index in [-0.39, 0.29) is 12.3 Å². The summed E-state index contributed by atoms with van der Waals surface area (Å²) in [5, 5.41) is 9.60. The van der Waals surface area contributed by atoms with Crippen molar-refractivity contribution < 1.29 is 19.0 Å². The second-order valence-electron chi connectivity index (χ2n) is 12.5. The van der Waals surface area contributed by atoms with Crippen LogP contribution in [0.4, 0.5) is 16.8 Å². The summed E-state index contributed by atoms with van der Waals surface area (Å²) in [4.78, 5) is 25.8. The van der Waals surface area contributed by atoms with Crippen molar-refractivity contribution >= 4 is 69.8 Å². The second-order valence-corrected chi connectivity index (χ2v) is 20.2. The molecule has 0 N–H and O–H groups in total. The normalized spacial score (nSPS) is 12.5. The van der Waals surface area contributed by atoms with Gasteiger partial charge >= 0.3 is 5.97 Å². The predicted octanol–water partition coefficient (Wildman–Crippen LogP) is 8.23. The molecule has 5 rings (SSSR count). The molecule has 0 saturated carbocycles. The highest BCUT2D eigenvalue weighted by atomic mass is 32.1. The lowest BCUT2D eigenvalue weighted by atomic mass is 10.2. The first-order valence-electron chi connectivity index (χ1n) is 15.8. The lowest BCUT2D eigenvalue weighted by Crippen LogP contribution is -2.23. The van der Waals surface area contributed by atoms with Crippen molar-refractivity contribution in [2.75, 3.05) is 31.8 Å². The number of fused-ring (bicyclic) bond motifs is 1. The Morgan fingerprint density at radius 1 is 1.06 bits per heavy atom. The van der Waals surface area contributed by atoms with E-state index in [1.807, 2.05) is 80.4 Å². The van der Waals surface area contributed by atoms with Gasteiger partial charge in [-0.3, -0.25) is 4.57 Å². The molecule has 0 aliphatic rings. The SMILES string of the molecule is CCOC(=O)c1nc(N(C)c2cc(C)c(N=c3sc4ccccc4n3COCC[Si](C)(C)C)nn2)sc1/C=C(\C)COc1ccccc1.